The molecule has 2 N–H and O–H groups in total. The first-order valence-corrected chi connectivity index (χ1v) is 6.50. The summed E-state index contributed by atoms with van der Waals surface area (Å²) in [6.07, 6.45) is 2.32. The van der Waals surface area contributed by atoms with Crippen LogP contribution in [0.2, 0.25) is 0 Å². The Bertz CT molecular complexity index is 622. The Labute approximate surface area is 110 Å². The molecule has 1 heterocycles. The number of benzene rings is 1. The highest BCUT2D eigenvalue weighted by atomic mass is 16.2. The summed E-state index contributed by atoms with van der Waals surface area (Å²) in [5.74, 6) is 0.713. The van der Waals surface area contributed by atoms with E-state index in [2.05, 4.69) is 15.5 Å². The second kappa shape index (κ2) is 4.84. The number of Topliss-reactive ketones (excluding diaryl/α,β-unsaturated/α-hetero) is 1. The van der Waals surface area contributed by atoms with Gasteiger partial charge in [-0.05, 0) is 25.0 Å². The summed E-state index contributed by atoms with van der Waals surface area (Å²) in [6.45, 7) is 0. The van der Waals surface area contributed by atoms with Crippen molar-refractivity contribution < 1.29 is 9.59 Å². The Morgan fingerprint density at radius 3 is 2.79 bits per heavy atom. The van der Waals surface area contributed by atoms with E-state index >= 15 is 0 Å². The van der Waals surface area contributed by atoms with Crippen molar-refractivity contribution in [2.75, 3.05) is 5.32 Å². The fourth-order valence-electron chi connectivity index (χ4n) is 2.48. The lowest BCUT2D eigenvalue weighted by Gasteiger charge is -2.19. The van der Waals surface area contributed by atoms with Gasteiger partial charge < -0.3 is 5.32 Å². The number of hydrogen-bond acceptors (Lipinski definition) is 3. The first-order chi connectivity index (χ1) is 9.24. The van der Waals surface area contributed by atoms with Gasteiger partial charge in [-0.2, -0.15) is 5.10 Å². The molecular formula is C14H15N3O2. The zero-order valence-electron chi connectivity index (χ0n) is 10.5. The van der Waals surface area contributed by atoms with Crippen LogP contribution in [0.5, 0.6) is 0 Å². The smallest absolute Gasteiger partial charge is 0.228 e. The van der Waals surface area contributed by atoms with Crippen LogP contribution in [0.4, 0.5) is 5.82 Å². The maximum Gasteiger partial charge on any atom is 0.228 e. The normalized spacial score (nSPS) is 16.7. The van der Waals surface area contributed by atoms with E-state index in [0.29, 0.717) is 31.5 Å². The molecule has 5 heteroatoms. The molecule has 98 valence electrons. The molecule has 1 saturated carbocycles. The van der Waals surface area contributed by atoms with Gasteiger partial charge in [0.25, 0.3) is 0 Å². The second-order valence-electron chi connectivity index (χ2n) is 4.92. The lowest BCUT2D eigenvalue weighted by molar-refractivity contribution is -0.125. The SMILES string of the molecule is O=C1CCC(C(=O)Nc2n[nH]c3ccccc23)CC1. The number of rotatable bonds is 2. The van der Waals surface area contributed by atoms with Gasteiger partial charge >= 0.3 is 0 Å². The van der Waals surface area contributed by atoms with E-state index in [1.54, 1.807) is 0 Å². The first kappa shape index (κ1) is 11.9. The van der Waals surface area contributed by atoms with Crippen LogP contribution < -0.4 is 5.32 Å². The Morgan fingerprint density at radius 1 is 1.26 bits per heavy atom. The molecule has 1 fully saturated rings. The van der Waals surface area contributed by atoms with Crippen LogP contribution in [0.3, 0.4) is 0 Å². The lowest BCUT2D eigenvalue weighted by Crippen LogP contribution is -2.27. The van der Waals surface area contributed by atoms with Gasteiger partial charge in [0, 0.05) is 24.1 Å². The number of carbonyl (C=O) groups excluding carboxylic acids is 2. The number of para-hydroxylation sites is 1. The van der Waals surface area contributed by atoms with Crippen LogP contribution in [0, 0.1) is 5.92 Å². The molecule has 0 atom stereocenters. The fraction of sp³-hybridized carbons (Fsp3) is 0.357. The van der Waals surface area contributed by atoms with Gasteiger partial charge in [-0.1, -0.05) is 12.1 Å². The summed E-state index contributed by atoms with van der Waals surface area (Å²) < 4.78 is 0. The number of aromatic nitrogens is 2. The summed E-state index contributed by atoms with van der Waals surface area (Å²) in [7, 11) is 0. The summed E-state index contributed by atoms with van der Waals surface area (Å²) in [5.41, 5.74) is 0.900. The van der Waals surface area contributed by atoms with Crippen LogP contribution in [0.25, 0.3) is 10.9 Å². The number of H-pyrrole nitrogens is 1. The van der Waals surface area contributed by atoms with Crippen molar-refractivity contribution in [2.24, 2.45) is 5.92 Å². The molecule has 1 aromatic heterocycles. The predicted molar refractivity (Wildman–Crippen MR) is 71.7 cm³/mol. The predicted octanol–water partition coefficient (Wildman–Crippen LogP) is 2.26. The maximum absolute atomic E-state index is 12.1. The number of amides is 1. The maximum atomic E-state index is 12.1. The molecule has 0 radical (unpaired) electrons. The standard InChI is InChI=1S/C14H15N3O2/c18-10-7-5-9(6-8-10)14(19)15-13-11-3-1-2-4-12(11)16-17-13/h1-4,9H,5-8H2,(H2,15,16,17,19). The highest BCUT2D eigenvalue weighted by molar-refractivity contribution is 6.00. The minimum Gasteiger partial charge on any atom is -0.308 e. The van der Waals surface area contributed by atoms with E-state index in [1.165, 1.54) is 0 Å². The van der Waals surface area contributed by atoms with Gasteiger partial charge in [0.05, 0.1) is 5.52 Å². The molecule has 0 bridgehead atoms. The minimum atomic E-state index is -0.0758. The molecule has 0 saturated heterocycles. The fourth-order valence-corrected chi connectivity index (χ4v) is 2.48. The van der Waals surface area contributed by atoms with E-state index in [9.17, 15) is 9.59 Å². The Kier molecular flexibility index (Phi) is 3.03. The third kappa shape index (κ3) is 2.36. The molecule has 1 aliphatic rings. The average Bonchev–Trinajstić information content (AvgIpc) is 2.83. The molecule has 0 spiro atoms. The highest BCUT2D eigenvalue weighted by Gasteiger charge is 2.25. The van der Waals surface area contributed by atoms with Gasteiger partial charge in [-0.25, -0.2) is 0 Å². The average molecular weight is 257 g/mol. The zero-order chi connectivity index (χ0) is 13.2. The number of fused-ring (bicyclic) bond motifs is 1. The third-order valence-corrected chi connectivity index (χ3v) is 3.63. The van der Waals surface area contributed by atoms with Crippen molar-refractivity contribution >= 4 is 28.4 Å². The molecule has 3 rings (SSSR count). The summed E-state index contributed by atoms with van der Waals surface area (Å²) in [6, 6.07) is 7.65. The summed E-state index contributed by atoms with van der Waals surface area (Å²) in [5, 5.41) is 10.8. The number of aromatic amines is 1. The Balaban J connectivity index is 1.74. The Hall–Kier alpha value is -2.17. The van der Waals surface area contributed by atoms with Crippen molar-refractivity contribution in [3.05, 3.63) is 24.3 Å². The molecule has 0 aliphatic heterocycles. The molecule has 1 aliphatic carbocycles. The monoisotopic (exact) mass is 257 g/mol. The van der Waals surface area contributed by atoms with Crippen molar-refractivity contribution in [2.45, 2.75) is 25.7 Å². The van der Waals surface area contributed by atoms with Crippen molar-refractivity contribution in [3.8, 4) is 0 Å². The third-order valence-electron chi connectivity index (χ3n) is 3.63. The Morgan fingerprint density at radius 2 is 2.00 bits per heavy atom. The number of ketones is 1. The van der Waals surface area contributed by atoms with Crippen LogP contribution in [-0.4, -0.2) is 21.9 Å². The first-order valence-electron chi connectivity index (χ1n) is 6.50. The largest absolute Gasteiger partial charge is 0.308 e. The number of carbonyl (C=O) groups is 2. The van der Waals surface area contributed by atoms with Crippen LogP contribution in [-0.2, 0) is 9.59 Å². The van der Waals surface area contributed by atoms with Crippen molar-refractivity contribution in [1.82, 2.24) is 10.2 Å². The van der Waals surface area contributed by atoms with Gasteiger partial charge in [-0.3, -0.25) is 14.7 Å². The van der Waals surface area contributed by atoms with E-state index in [1.807, 2.05) is 24.3 Å². The lowest BCUT2D eigenvalue weighted by atomic mass is 9.88. The molecule has 0 unspecified atom stereocenters. The van der Waals surface area contributed by atoms with Gasteiger partial charge in [-0.15, -0.1) is 0 Å². The van der Waals surface area contributed by atoms with Crippen LogP contribution >= 0.6 is 0 Å². The molecule has 5 nitrogen and oxygen atoms in total. The van der Waals surface area contributed by atoms with E-state index < -0.39 is 0 Å². The van der Waals surface area contributed by atoms with E-state index in [-0.39, 0.29) is 17.6 Å². The van der Waals surface area contributed by atoms with Gasteiger partial charge in [0.1, 0.15) is 5.78 Å². The zero-order valence-corrected chi connectivity index (χ0v) is 10.5. The number of anilines is 1. The van der Waals surface area contributed by atoms with Gasteiger partial charge in [0.15, 0.2) is 5.82 Å². The van der Waals surface area contributed by atoms with Crippen LogP contribution in [0.15, 0.2) is 24.3 Å². The minimum absolute atomic E-state index is 0.0373. The second-order valence-corrected chi connectivity index (χ2v) is 4.92. The van der Waals surface area contributed by atoms with Crippen molar-refractivity contribution in [3.63, 3.8) is 0 Å². The quantitative estimate of drug-likeness (QED) is 0.866. The molecule has 1 amide bonds. The summed E-state index contributed by atoms with van der Waals surface area (Å²) >= 11 is 0. The van der Waals surface area contributed by atoms with Gasteiger partial charge in [0.2, 0.25) is 5.91 Å². The van der Waals surface area contributed by atoms with E-state index in [4.69, 9.17) is 0 Å². The topological polar surface area (TPSA) is 74.8 Å². The number of nitrogens with one attached hydrogen (secondary N) is 2. The van der Waals surface area contributed by atoms with E-state index in [0.717, 1.165) is 10.9 Å². The molecule has 2 aromatic rings. The summed E-state index contributed by atoms with van der Waals surface area (Å²) in [4.78, 5) is 23.3. The molecule has 1 aromatic carbocycles. The molecular weight excluding hydrogens is 242 g/mol. The highest BCUT2D eigenvalue weighted by Crippen LogP contribution is 2.25. The number of nitrogens with zero attached hydrogens (tertiary/aromatic N) is 1. The molecule has 19 heavy (non-hydrogen) atoms. The van der Waals surface area contributed by atoms with Crippen molar-refractivity contribution in [1.29, 1.82) is 0 Å². The number of hydrogen-bond donors (Lipinski definition) is 2. The van der Waals surface area contributed by atoms with Crippen LogP contribution in [0.1, 0.15) is 25.7 Å².